The van der Waals surface area contributed by atoms with E-state index in [1.165, 1.54) is 45.6 Å². The highest BCUT2D eigenvalue weighted by Gasteiger charge is 2.32. The van der Waals surface area contributed by atoms with E-state index in [-0.39, 0.29) is 28.0 Å². The second-order valence-electron chi connectivity index (χ2n) is 7.66. The molecule has 0 bridgehead atoms. The number of nitrogens with zero attached hydrogens (tertiary/aromatic N) is 3. The van der Waals surface area contributed by atoms with Crippen molar-refractivity contribution in [2.75, 3.05) is 64.9 Å². The van der Waals surface area contributed by atoms with Crippen molar-refractivity contribution in [1.29, 1.82) is 0 Å². The number of likely N-dealkylation sites (N-methyl/N-ethyl adjacent to an activating group) is 1. The minimum atomic E-state index is -4.21. The molecule has 0 aromatic heterocycles. The Balaban J connectivity index is 2.03. The molecule has 1 saturated heterocycles. The summed E-state index contributed by atoms with van der Waals surface area (Å²) in [4.78, 5) is 17.1. The molecule has 1 amide bonds. The van der Waals surface area contributed by atoms with Gasteiger partial charge in [0.2, 0.25) is 5.91 Å². The van der Waals surface area contributed by atoms with Crippen molar-refractivity contribution in [1.82, 2.24) is 9.80 Å². The zero-order valence-electron chi connectivity index (χ0n) is 19.8. The lowest BCUT2D eigenvalue weighted by molar-refractivity contribution is -0.131. The zero-order valence-corrected chi connectivity index (χ0v) is 21.4. The van der Waals surface area contributed by atoms with Crippen LogP contribution < -0.4 is 18.5 Å². The number of rotatable bonds is 9. The number of benzene rings is 2. The van der Waals surface area contributed by atoms with Crippen LogP contribution >= 0.6 is 11.6 Å². The number of carbonyl (C=O) groups is 1. The maximum Gasteiger partial charge on any atom is 0.265 e. The van der Waals surface area contributed by atoms with Crippen molar-refractivity contribution in [3.63, 3.8) is 0 Å². The van der Waals surface area contributed by atoms with E-state index in [0.717, 1.165) is 23.9 Å². The molecule has 0 atom stereocenters. The Morgan fingerprint density at radius 3 is 2.15 bits per heavy atom. The molecule has 0 N–H and O–H groups in total. The number of hydrogen-bond acceptors (Lipinski definition) is 7. The highest BCUT2D eigenvalue weighted by molar-refractivity contribution is 7.92. The molecule has 1 aliphatic rings. The highest BCUT2D eigenvalue weighted by Crippen LogP contribution is 2.37. The van der Waals surface area contributed by atoms with Gasteiger partial charge in [-0.2, -0.15) is 0 Å². The van der Waals surface area contributed by atoms with Gasteiger partial charge >= 0.3 is 0 Å². The van der Waals surface area contributed by atoms with E-state index >= 15 is 0 Å². The minimum Gasteiger partial charge on any atom is -0.495 e. The van der Waals surface area contributed by atoms with Crippen LogP contribution in [0.5, 0.6) is 17.2 Å². The third-order valence-corrected chi connectivity index (χ3v) is 7.79. The second kappa shape index (κ2) is 11.2. The molecule has 2 aromatic rings. The maximum atomic E-state index is 13.8. The number of halogens is 1. The number of carbonyl (C=O) groups excluding carboxylic acids is 1. The fourth-order valence-corrected chi connectivity index (χ4v) is 5.40. The van der Waals surface area contributed by atoms with Crippen LogP contribution in [-0.2, 0) is 14.8 Å². The van der Waals surface area contributed by atoms with Crippen LogP contribution in [0.25, 0.3) is 0 Å². The van der Waals surface area contributed by atoms with Gasteiger partial charge < -0.3 is 24.0 Å². The number of methoxy groups -OCH3 is 3. The fourth-order valence-electron chi connectivity index (χ4n) is 3.80. The van der Waals surface area contributed by atoms with Gasteiger partial charge in [0.15, 0.2) is 11.5 Å². The summed E-state index contributed by atoms with van der Waals surface area (Å²) in [7, 11) is 0.108. The normalized spacial score (nSPS) is 14.6. The molecule has 1 aliphatic heterocycles. The molecular weight excluding hydrogens is 482 g/mol. The lowest BCUT2D eigenvalue weighted by Crippen LogP contribution is -2.51. The Morgan fingerprint density at radius 1 is 0.941 bits per heavy atom. The lowest BCUT2D eigenvalue weighted by atomic mass is 10.2. The van der Waals surface area contributed by atoms with Crippen molar-refractivity contribution >= 4 is 33.2 Å². The van der Waals surface area contributed by atoms with Crippen LogP contribution in [0.2, 0.25) is 5.02 Å². The lowest BCUT2D eigenvalue weighted by Gasteiger charge is -2.35. The van der Waals surface area contributed by atoms with E-state index in [9.17, 15) is 13.2 Å². The molecule has 0 saturated carbocycles. The third kappa shape index (κ3) is 5.51. The van der Waals surface area contributed by atoms with E-state index in [4.69, 9.17) is 25.8 Å². The molecule has 1 heterocycles. The van der Waals surface area contributed by atoms with E-state index in [2.05, 4.69) is 11.8 Å². The fraction of sp³-hybridized carbons (Fsp3) is 0.435. The summed E-state index contributed by atoms with van der Waals surface area (Å²) in [6.07, 6.45) is 0. The Kier molecular flexibility index (Phi) is 8.51. The Morgan fingerprint density at radius 2 is 1.56 bits per heavy atom. The molecule has 1 fully saturated rings. The van der Waals surface area contributed by atoms with Crippen molar-refractivity contribution in [2.24, 2.45) is 0 Å². The predicted octanol–water partition coefficient (Wildman–Crippen LogP) is 2.73. The van der Waals surface area contributed by atoms with Crippen LogP contribution in [-0.4, -0.2) is 84.7 Å². The van der Waals surface area contributed by atoms with Gasteiger partial charge in [-0.3, -0.25) is 9.10 Å². The van der Waals surface area contributed by atoms with Crippen molar-refractivity contribution in [3.8, 4) is 17.2 Å². The second-order valence-corrected chi connectivity index (χ2v) is 9.96. The molecule has 0 aliphatic carbocycles. The van der Waals surface area contributed by atoms with E-state index in [0.29, 0.717) is 23.9 Å². The van der Waals surface area contributed by atoms with Crippen molar-refractivity contribution < 1.29 is 27.4 Å². The number of piperazine rings is 1. The van der Waals surface area contributed by atoms with Gasteiger partial charge in [0, 0.05) is 37.3 Å². The first-order chi connectivity index (χ1) is 16.2. The minimum absolute atomic E-state index is 0.0595. The average molecular weight is 512 g/mol. The van der Waals surface area contributed by atoms with Gasteiger partial charge in [0.05, 0.1) is 31.9 Å². The number of anilines is 1. The first-order valence-corrected chi connectivity index (χ1v) is 12.6. The Bertz CT molecular complexity index is 1120. The summed E-state index contributed by atoms with van der Waals surface area (Å²) in [5.41, 5.74) is 0.172. The smallest absolute Gasteiger partial charge is 0.265 e. The standard InChI is InChI=1S/C23H30ClN3O6S/c1-5-25-10-12-26(13-11-25)23(28)16-27(19-14-17(24)6-8-20(19)31-2)34(29,30)18-7-9-21(32-3)22(15-18)33-4/h6-9,14-15H,5,10-13,16H2,1-4H3. The summed E-state index contributed by atoms with van der Waals surface area (Å²) >= 11 is 6.20. The summed E-state index contributed by atoms with van der Waals surface area (Å²) in [5, 5.41) is 0.312. The quantitative estimate of drug-likeness (QED) is 0.511. The van der Waals surface area contributed by atoms with Crippen LogP contribution in [0.1, 0.15) is 6.92 Å². The molecule has 2 aromatic carbocycles. The highest BCUT2D eigenvalue weighted by atomic mass is 35.5. The molecule has 0 unspecified atom stereocenters. The van der Waals surface area contributed by atoms with Crippen molar-refractivity contribution in [3.05, 3.63) is 41.4 Å². The van der Waals surface area contributed by atoms with Crippen LogP contribution in [0, 0.1) is 0 Å². The SMILES string of the molecule is CCN1CCN(C(=O)CN(c2cc(Cl)ccc2OC)S(=O)(=O)c2ccc(OC)c(OC)c2)CC1. The van der Waals surface area contributed by atoms with E-state index < -0.39 is 16.6 Å². The van der Waals surface area contributed by atoms with Gasteiger partial charge in [-0.05, 0) is 36.9 Å². The van der Waals surface area contributed by atoms with Gasteiger partial charge in [-0.15, -0.1) is 0 Å². The first-order valence-electron chi connectivity index (χ1n) is 10.8. The molecule has 0 spiro atoms. The molecule has 186 valence electrons. The summed E-state index contributed by atoms with van der Waals surface area (Å²) in [6.45, 7) is 5.12. The Labute approximate surface area is 205 Å². The maximum absolute atomic E-state index is 13.8. The monoisotopic (exact) mass is 511 g/mol. The van der Waals surface area contributed by atoms with Gasteiger partial charge in [0.25, 0.3) is 10.0 Å². The molecule has 34 heavy (non-hydrogen) atoms. The summed E-state index contributed by atoms with van der Waals surface area (Å²) in [5.74, 6) is 0.612. The molecule has 3 rings (SSSR count). The number of sulfonamides is 1. The van der Waals surface area contributed by atoms with Crippen LogP contribution in [0.15, 0.2) is 41.3 Å². The van der Waals surface area contributed by atoms with Gasteiger partial charge in [0.1, 0.15) is 12.3 Å². The van der Waals surface area contributed by atoms with Gasteiger partial charge in [-0.25, -0.2) is 8.42 Å². The van der Waals surface area contributed by atoms with Crippen LogP contribution in [0.4, 0.5) is 5.69 Å². The number of ether oxygens (including phenoxy) is 3. The third-order valence-electron chi connectivity index (χ3n) is 5.80. The largest absolute Gasteiger partial charge is 0.495 e. The molecule has 0 radical (unpaired) electrons. The number of hydrogen-bond donors (Lipinski definition) is 0. The Hall–Kier alpha value is -2.69. The zero-order chi connectivity index (χ0) is 24.9. The van der Waals surface area contributed by atoms with E-state index in [1.807, 2.05) is 0 Å². The van der Waals surface area contributed by atoms with Gasteiger partial charge in [-0.1, -0.05) is 18.5 Å². The average Bonchev–Trinajstić information content (AvgIpc) is 2.86. The van der Waals surface area contributed by atoms with Crippen molar-refractivity contribution in [2.45, 2.75) is 11.8 Å². The summed E-state index contributed by atoms with van der Waals surface area (Å²) in [6, 6.07) is 8.91. The van der Waals surface area contributed by atoms with E-state index in [1.54, 1.807) is 17.0 Å². The number of amides is 1. The first kappa shape index (κ1) is 25.9. The predicted molar refractivity (Wildman–Crippen MR) is 131 cm³/mol. The molecule has 9 nitrogen and oxygen atoms in total. The molecular formula is C23H30ClN3O6S. The topological polar surface area (TPSA) is 88.6 Å². The summed E-state index contributed by atoms with van der Waals surface area (Å²) < 4.78 is 44.7. The van der Waals surface area contributed by atoms with Crippen LogP contribution in [0.3, 0.4) is 0 Å². The molecule has 11 heteroatoms.